The number of amides is 4. The first-order chi connectivity index (χ1) is 14.8. The lowest BCUT2D eigenvalue weighted by atomic mass is 9.48. The van der Waals surface area contributed by atoms with Crippen LogP contribution in [0, 0.1) is 23.2 Å². The summed E-state index contributed by atoms with van der Waals surface area (Å²) in [4.78, 5) is 50.4. The summed E-state index contributed by atoms with van der Waals surface area (Å²) >= 11 is 0. The third kappa shape index (κ3) is 3.61. The number of esters is 1. The minimum Gasteiger partial charge on any atom is -0.454 e. The molecule has 1 spiro atoms. The highest BCUT2D eigenvalue weighted by atomic mass is 16.5. The van der Waals surface area contributed by atoms with Crippen molar-refractivity contribution in [3.63, 3.8) is 0 Å². The predicted octanol–water partition coefficient (Wildman–Crippen LogP) is 2.12. The summed E-state index contributed by atoms with van der Waals surface area (Å²) < 4.78 is 5.11. The van der Waals surface area contributed by atoms with Gasteiger partial charge in [-0.2, -0.15) is 0 Å². The van der Waals surface area contributed by atoms with Crippen molar-refractivity contribution in [2.45, 2.75) is 82.7 Å². The number of carbonyl (C=O) groups is 4. The van der Waals surface area contributed by atoms with Gasteiger partial charge in [0.1, 0.15) is 12.1 Å². The quantitative estimate of drug-likeness (QED) is 0.495. The lowest BCUT2D eigenvalue weighted by Crippen LogP contribution is -2.56. The second-order valence-corrected chi connectivity index (χ2v) is 10.8. The van der Waals surface area contributed by atoms with E-state index in [4.69, 9.17) is 4.74 Å². The van der Waals surface area contributed by atoms with Crippen molar-refractivity contribution in [3.05, 3.63) is 0 Å². The lowest BCUT2D eigenvalue weighted by Gasteiger charge is -2.59. The number of carbonyl (C=O) groups excluding carboxylic acids is 4. The van der Waals surface area contributed by atoms with Crippen LogP contribution in [-0.2, 0) is 19.1 Å². The highest BCUT2D eigenvalue weighted by molar-refractivity contribution is 6.08. The number of rotatable bonds is 6. The number of urea groups is 1. The van der Waals surface area contributed by atoms with Crippen LogP contribution in [-0.4, -0.2) is 53.4 Å². The molecule has 170 valence electrons. The fraction of sp³-hybridized carbons (Fsp3) is 0.826. The van der Waals surface area contributed by atoms with Gasteiger partial charge in [-0.05, 0) is 81.5 Å². The average molecular weight is 432 g/mol. The summed E-state index contributed by atoms with van der Waals surface area (Å²) in [6.45, 7) is 1.25. The van der Waals surface area contributed by atoms with Crippen LogP contribution < -0.4 is 10.6 Å². The Morgan fingerprint density at radius 2 is 1.68 bits per heavy atom. The molecule has 6 rings (SSSR count). The van der Waals surface area contributed by atoms with Gasteiger partial charge in [0, 0.05) is 6.04 Å². The third-order valence-corrected chi connectivity index (χ3v) is 8.74. The number of nitrogens with zero attached hydrogens (tertiary/aromatic N) is 1. The Kier molecular flexibility index (Phi) is 5.01. The molecule has 1 aliphatic heterocycles. The molecule has 4 amide bonds. The van der Waals surface area contributed by atoms with Gasteiger partial charge in [-0.15, -0.1) is 0 Å². The monoisotopic (exact) mass is 431 g/mol. The van der Waals surface area contributed by atoms with E-state index in [1.54, 1.807) is 0 Å². The van der Waals surface area contributed by atoms with E-state index in [0.29, 0.717) is 12.8 Å². The number of hydrogen-bond acceptors (Lipinski definition) is 5. The Balaban J connectivity index is 1.10. The number of imide groups is 1. The van der Waals surface area contributed by atoms with E-state index in [1.165, 1.54) is 38.5 Å². The van der Waals surface area contributed by atoms with Crippen molar-refractivity contribution < 1.29 is 23.9 Å². The summed E-state index contributed by atoms with van der Waals surface area (Å²) in [5, 5.41) is 5.81. The molecule has 8 heteroatoms. The Labute approximate surface area is 182 Å². The van der Waals surface area contributed by atoms with Crippen molar-refractivity contribution in [2.24, 2.45) is 23.2 Å². The van der Waals surface area contributed by atoms with Gasteiger partial charge in [-0.25, -0.2) is 4.79 Å². The maximum atomic E-state index is 12.6. The zero-order valence-corrected chi connectivity index (χ0v) is 18.3. The molecular formula is C23H33N3O5. The molecule has 1 saturated heterocycles. The standard InChI is InChI=1S/C23H33N3O5/c1-14(22-9-15-6-16(10-22)8-17(7-15)11-22)24-18(27)13-31-19(28)12-26-20(29)23(25-21(26)30)4-2-3-5-23/h14-17H,2-13H2,1H3,(H,24,27)(H,25,30)/t14-,15?,16?,17?,22?/m0/s1. The Bertz CT molecular complexity index is 768. The van der Waals surface area contributed by atoms with Gasteiger partial charge in [-0.1, -0.05) is 12.8 Å². The highest BCUT2D eigenvalue weighted by Gasteiger charge is 2.54. The zero-order valence-electron chi connectivity index (χ0n) is 18.3. The highest BCUT2D eigenvalue weighted by Crippen LogP contribution is 2.61. The molecule has 0 radical (unpaired) electrons. The van der Waals surface area contributed by atoms with Gasteiger partial charge in [-0.3, -0.25) is 19.3 Å². The first-order valence-corrected chi connectivity index (χ1v) is 11.9. The van der Waals surface area contributed by atoms with Crippen molar-refractivity contribution in [1.29, 1.82) is 0 Å². The van der Waals surface area contributed by atoms with Crippen LogP contribution in [0.15, 0.2) is 0 Å². The van der Waals surface area contributed by atoms with E-state index in [1.807, 2.05) is 0 Å². The van der Waals surface area contributed by atoms with E-state index >= 15 is 0 Å². The molecule has 5 aliphatic carbocycles. The summed E-state index contributed by atoms with van der Waals surface area (Å²) in [5.41, 5.74) is -0.661. The molecule has 1 atom stereocenters. The van der Waals surface area contributed by atoms with Crippen molar-refractivity contribution in [1.82, 2.24) is 15.5 Å². The van der Waals surface area contributed by atoms with E-state index in [-0.39, 0.29) is 29.9 Å². The van der Waals surface area contributed by atoms with Crippen LogP contribution in [0.4, 0.5) is 4.79 Å². The molecular weight excluding hydrogens is 398 g/mol. The smallest absolute Gasteiger partial charge is 0.326 e. The van der Waals surface area contributed by atoms with Gasteiger partial charge >= 0.3 is 12.0 Å². The molecule has 6 fully saturated rings. The summed E-state index contributed by atoms with van der Waals surface area (Å²) in [6, 6.07) is -0.496. The van der Waals surface area contributed by atoms with E-state index < -0.39 is 24.1 Å². The van der Waals surface area contributed by atoms with Crippen LogP contribution in [0.3, 0.4) is 0 Å². The van der Waals surface area contributed by atoms with Crippen LogP contribution in [0.2, 0.25) is 0 Å². The lowest BCUT2D eigenvalue weighted by molar-refractivity contribution is -0.151. The number of nitrogens with one attached hydrogen (secondary N) is 2. The first kappa shape index (κ1) is 20.8. The topological polar surface area (TPSA) is 105 Å². The molecule has 6 aliphatic rings. The Morgan fingerprint density at radius 3 is 2.26 bits per heavy atom. The van der Waals surface area contributed by atoms with E-state index in [0.717, 1.165) is 35.5 Å². The van der Waals surface area contributed by atoms with Crippen molar-refractivity contribution >= 4 is 23.8 Å². The Morgan fingerprint density at radius 1 is 1.10 bits per heavy atom. The fourth-order valence-corrected chi connectivity index (χ4v) is 7.60. The average Bonchev–Trinajstić information content (AvgIpc) is 3.26. The molecule has 31 heavy (non-hydrogen) atoms. The van der Waals surface area contributed by atoms with Crippen molar-refractivity contribution in [2.75, 3.05) is 13.2 Å². The van der Waals surface area contributed by atoms with Gasteiger partial charge in [0.25, 0.3) is 11.8 Å². The summed E-state index contributed by atoms with van der Waals surface area (Å²) in [6.07, 6.45) is 10.6. The minimum absolute atomic E-state index is 0.0558. The van der Waals surface area contributed by atoms with Gasteiger partial charge < -0.3 is 15.4 Å². The minimum atomic E-state index is -0.845. The molecule has 1 heterocycles. The van der Waals surface area contributed by atoms with Gasteiger partial charge in [0.2, 0.25) is 0 Å². The SMILES string of the molecule is C[C@H](NC(=O)COC(=O)CN1C(=O)NC2(CCCC2)C1=O)C12CC3CC(CC(C3)C1)C2. The summed E-state index contributed by atoms with van der Waals surface area (Å²) in [7, 11) is 0. The molecule has 0 aromatic rings. The van der Waals surface area contributed by atoms with Gasteiger partial charge in [0.15, 0.2) is 6.61 Å². The maximum Gasteiger partial charge on any atom is 0.326 e. The van der Waals surface area contributed by atoms with E-state index in [9.17, 15) is 19.2 Å². The van der Waals surface area contributed by atoms with Crippen LogP contribution in [0.25, 0.3) is 0 Å². The normalized spacial score (nSPS) is 36.0. The predicted molar refractivity (Wildman–Crippen MR) is 111 cm³/mol. The zero-order chi connectivity index (χ0) is 21.8. The molecule has 2 N–H and O–H groups in total. The molecule has 0 aromatic carbocycles. The largest absolute Gasteiger partial charge is 0.454 e. The third-order valence-electron chi connectivity index (χ3n) is 8.74. The molecule has 8 nitrogen and oxygen atoms in total. The summed E-state index contributed by atoms with van der Waals surface area (Å²) in [5.74, 6) is 0.992. The van der Waals surface area contributed by atoms with Gasteiger partial charge in [0.05, 0.1) is 0 Å². The van der Waals surface area contributed by atoms with Crippen molar-refractivity contribution in [3.8, 4) is 0 Å². The first-order valence-electron chi connectivity index (χ1n) is 11.9. The van der Waals surface area contributed by atoms with Crippen LogP contribution in [0.5, 0.6) is 0 Å². The second-order valence-electron chi connectivity index (χ2n) is 10.8. The van der Waals surface area contributed by atoms with Crippen LogP contribution >= 0.6 is 0 Å². The second kappa shape index (κ2) is 7.48. The molecule has 0 aromatic heterocycles. The molecule has 4 bridgehead atoms. The van der Waals surface area contributed by atoms with E-state index in [2.05, 4.69) is 17.6 Å². The number of hydrogen-bond donors (Lipinski definition) is 2. The van der Waals surface area contributed by atoms with Crippen LogP contribution in [0.1, 0.15) is 71.1 Å². The maximum absolute atomic E-state index is 12.6. The number of ether oxygens (including phenoxy) is 1. The molecule has 0 unspecified atom stereocenters. The molecule has 5 saturated carbocycles. The fourth-order valence-electron chi connectivity index (χ4n) is 7.60. The Hall–Kier alpha value is -2.12.